The Morgan fingerprint density at radius 2 is 2.03 bits per heavy atom. The number of nitrogens with one attached hydrogen (secondary N) is 1. The van der Waals surface area contributed by atoms with Crippen molar-refractivity contribution in [3.8, 4) is 5.75 Å². The van der Waals surface area contributed by atoms with E-state index in [4.69, 9.17) is 9.47 Å². The van der Waals surface area contributed by atoms with Crippen molar-refractivity contribution < 1.29 is 35.9 Å². The van der Waals surface area contributed by atoms with Gasteiger partial charge in [-0.05, 0) is 41.8 Å². The second-order valence-electron chi connectivity index (χ2n) is 7.88. The summed E-state index contributed by atoms with van der Waals surface area (Å²) in [5.41, 5.74) is -0.643. The van der Waals surface area contributed by atoms with Crippen LogP contribution in [-0.4, -0.2) is 61.6 Å². The molecule has 0 aromatic carbocycles. The summed E-state index contributed by atoms with van der Waals surface area (Å²) in [5, 5.41) is 2.66. The molecule has 2 heterocycles. The Balaban J connectivity index is 2.45. The highest BCUT2D eigenvalue weighted by Crippen LogP contribution is 2.32. The van der Waals surface area contributed by atoms with Gasteiger partial charge in [0.1, 0.15) is 27.9 Å². The zero-order valence-corrected chi connectivity index (χ0v) is 21.1. The van der Waals surface area contributed by atoms with Gasteiger partial charge in [0.25, 0.3) is 5.91 Å². The topological polar surface area (TPSA) is 107 Å². The summed E-state index contributed by atoms with van der Waals surface area (Å²) < 4.78 is 73.6. The number of amides is 1. The first-order chi connectivity index (χ1) is 15.1. The fourth-order valence-electron chi connectivity index (χ4n) is 3.21. The SMILES string of the molecule is CCC1=C(C(C)(CS(C)(=O)=O)NC(=O)c2cc(O[C@@H](C)C(F)(F)F)c(Br)cn2)N=C(C)OC1. The highest BCUT2D eigenvalue weighted by atomic mass is 79.9. The minimum Gasteiger partial charge on any atom is -0.480 e. The maximum absolute atomic E-state index is 13.0. The van der Waals surface area contributed by atoms with Crippen LogP contribution in [0, 0.1) is 0 Å². The lowest BCUT2D eigenvalue weighted by molar-refractivity contribution is -0.189. The van der Waals surface area contributed by atoms with E-state index in [0.29, 0.717) is 23.6 Å². The van der Waals surface area contributed by atoms with Crippen molar-refractivity contribution in [1.82, 2.24) is 10.3 Å². The number of ether oxygens (including phenoxy) is 2. The summed E-state index contributed by atoms with van der Waals surface area (Å²) in [6.07, 6.45) is -4.07. The van der Waals surface area contributed by atoms with Crippen molar-refractivity contribution in [2.75, 3.05) is 18.6 Å². The molecule has 0 fully saturated rings. The van der Waals surface area contributed by atoms with Crippen molar-refractivity contribution in [3.63, 3.8) is 0 Å². The molecule has 8 nitrogen and oxygen atoms in total. The second kappa shape index (κ2) is 10.00. The summed E-state index contributed by atoms with van der Waals surface area (Å²) in [5.74, 6) is -1.19. The summed E-state index contributed by atoms with van der Waals surface area (Å²) in [4.78, 5) is 21.3. The van der Waals surface area contributed by atoms with E-state index in [1.54, 1.807) is 6.92 Å². The van der Waals surface area contributed by atoms with Gasteiger partial charge in [-0.3, -0.25) is 4.79 Å². The van der Waals surface area contributed by atoms with Crippen molar-refractivity contribution in [2.24, 2.45) is 4.99 Å². The Labute approximate surface area is 198 Å². The number of nitrogens with zero attached hydrogens (tertiary/aromatic N) is 2. The Morgan fingerprint density at radius 3 is 2.58 bits per heavy atom. The third kappa shape index (κ3) is 7.16. The van der Waals surface area contributed by atoms with E-state index in [9.17, 15) is 26.4 Å². The molecule has 0 radical (unpaired) electrons. The summed E-state index contributed by atoms with van der Waals surface area (Å²) in [7, 11) is -3.59. The second-order valence-corrected chi connectivity index (χ2v) is 10.9. The molecule has 1 unspecified atom stereocenters. The summed E-state index contributed by atoms with van der Waals surface area (Å²) >= 11 is 3.06. The van der Waals surface area contributed by atoms with Gasteiger partial charge in [-0.2, -0.15) is 13.2 Å². The fraction of sp³-hybridized carbons (Fsp3) is 0.550. The molecule has 2 rings (SSSR count). The number of hydrogen-bond acceptors (Lipinski definition) is 7. The molecule has 1 aromatic heterocycles. The Kier molecular flexibility index (Phi) is 8.21. The van der Waals surface area contributed by atoms with Crippen LogP contribution in [0.1, 0.15) is 44.6 Å². The molecule has 13 heteroatoms. The first-order valence-electron chi connectivity index (χ1n) is 9.85. The zero-order valence-electron chi connectivity index (χ0n) is 18.7. The number of aromatic nitrogens is 1. The standard InChI is InChI=1S/C20H25BrF3N3O5S/c1-6-13-9-31-12(3)26-17(13)19(4,10-33(5,29)30)27-18(28)15-7-16(14(21)8-25-15)32-11(2)20(22,23)24/h7-8,11H,6,9-10H2,1-5H3,(H,27,28)/t11-,19?/m0/s1. The lowest BCUT2D eigenvalue weighted by atomic mass is 9.94. The monoisotopic (exact) mass is 555 g/mol. The number of sulfone groups is 1. The van der Waals surface area contributed by atoms with Crippen LogP contribution in [0.25, 0.3) is 0 Å². The van der Waals surface area contributed by atoms with Crippen LogP contribution in [0.15, 0.2) is 33.0 Å². The molecule has 2 atom stereocenters. The van der Waals surface area contributed by atoms with E-state index in [1.807, 2.05) is 6.92 Å². The number of carbonyl (C=O) groups is 1. The van der Waals surface area contributed by atoms with Gasteiger partial charge in [-0.25, -0.2) is 18.4 Å². The molecule has 33 heavy (non-hydrogen) atoms. The van der Waals surface area contributed by atoms with Crippen molar-refractivity contribution in [3.05, 3.63) is 33.7 Å². The van der Waals surface area contributed by atoms with Crippen LogP contribution in [0.3, 0.4) is 0 Å². The average molecular weight is 556 g/mol. The molecule has 1 N–H and O–H groups in total. The highest BCUT2D eigenvalue weighted by Gasteiger charge is 2.40. The van der Waals surface area contributed by atoms with Crippen LogP contribution in [0.5, 0.6) is 5.75 Å². The molecule has 0 saturated heterocycles. The average Bonchev–Trinajstić information content (AvgIpc) is 2.67. The fourth-order valence-corrected chi connectivity index (χ4v) is 4.77. The molecule has 1 amide bonds. The van der Waals surface area contributed by atoms with E-state index in [-0.39, 0.29) is 22.5 Å². The van der Waals surface area contributed by atoms with Crippen LogP contribution in [0.2, 0.25) is 0 Å². The Morgan fingerprint density at radius 1 is 1.39 bits per heavy atom. The Bertz CT molecular complexity index is 1090. The van der Waals surface area contributed by atoms with Crippen molar-refractivity contribution >= 4 is 37.6 Å². The van der Waals surface area contributed by atoms with Gasteiger partial charge < -0.3 is 14.8 Å². The molecule has 0 aliphatic carbocycles. The molecule has 184 valence electrons. The number of aliphatic imine (C=N–C) groups is 1. The first kappa shape index (κ1) is 27.1. The molecular formula is C20H25BrF3N3O5S. The van der Waals surface area contributed by atoms with E-state index in [1.165, 1.54) is 6.92 Å². The van der Waals surface area contributed by atoms with Gasteiger partial charge in [0, 0.05) is 25.4 Å². The minimum absolute atomic E-state index is 0.120. The van der Waals surface area contributed by atoms with Gasteiger partial charge in [0.2, 0.25) is 0 Å². The lowest BCUT2D eigenvalue weighted by Gasteiger charge is -2.34. The van der Waals surface area contributed by atoms with Gasteiger partial charge in [0.05, 0.1) is 21.5 Å². The van der Waals surface area contributed by atoms with Crippen LogP contribution in [0.4, 0.5) is 13.2 Å². The van der Waals surface area contributed by atoms with Crippen LogP contribution < -0.4 is 10.1 Å². The third-order valence-electron chi connectivity index (χ3n) is 4.77. The number of rotatable bonds is 8. The predicted molar refractivity (Wildman–Crippen MR) is 120 cm³/mol. The maximum Gasteiger partial charge on any atom is 0.425 e. The molecule has 0 spiro atoms. The van der Waals surface area contributed by atoms with Gasteiger partial charge >= 0.3 is 6.18 Å². The maximum atomic E-state index is 13.0. The van der Waals surface area contributed by atoms with Crippen LogP contribution in [-0.2, 0) is 14.6 Å². The molecule has 1 aromatic rings. The molecule has 0 bridgehead atoms. The van der Waals surface area contributed by atoms with Crippen LogP contribution >= 0.6 is 15.9 Å². The quantitative estimate of drug-likeness (QED) is 0.522. The van der Waals surface area contributed by atoms with Crippen molar-refractivity contribution in [1.29, 1.82) is 0 Å². The van der Waals surface area contributed by atoms with Gasteiger partial charge in [-0.1, -0.05) is 6.92 Å². The molecule has 1 aliphatic heterocycles. The van der Waals surface area contributed by atoms with E-state index < -0.39 is 39.3 Å². The number of alkyl halides is 3. The molecule has 0 saturated carbocycles. The Hall–Kier alpha value is -2.15. The van der Waals surface area contributed by atoms with E-state index >= 15 is 0 Å². The number of pyridine rings is 1. The molecule has 1 aliphatic rings. The summed E-state index contributed by atoms with van der Waals surface area (Å²) in [6, 6.07) is 1.05. The first-order valence-corrected chi connectivity index (χ1v) is 12.7. The third-order valence-corrected chi connectivity index (χ3v) is 6.46. The van der Waals surface area contributed by atoms with E-state index in [0.717, 1.165) is 25.4 Å². The number of hydrogen-bond donors (Lipinski definition) is 1. The molecular weight excluding hydrogens is 531 g/mol. The van der Waals surface area contributed by atoms with Crippen molar-refractivity contribution in [2.45, 2.75) is 51.9 Å². The van der Waals surface area contributed by atoms with Gasteiger partial charge in [-0.15, -0.1) is 0 Å². The minimum atomic E-state index is -4.61. The smallest absolute Gasteiger partial charge is 0.425 e. The normalized spacial score (nSPS) is 17.5. The predicted octanol–water partition coefficient (Wildman–Crippen LogP) is 3.82. The number of halogens is 4. The zero-order chi connectivity index (χ0) is 25.2. The summed E-state index contributed by atoms with van der Waals surface area (Å²) in [6.45, 7) is 6.00. The van der Waals surface area contributed by atoms with E-state index in [2.05, 4.69) is 31.2 Å². The highest BCUT2D eigenvalue weighted by molar-refractivity contribution is 9.10. The largest absolute Gasteiger partial charge is 0.480 e. The van der Waals surface area contributed by atoms with Gasteiger partial charge in [0.15, 0.2) is 12.0 Å². The lowest BCUT2D eigenvalue weighted by Crippen LogP contribution is -2.53. The number of carbonyl (C=O) groups excluding carboxylic acids is 1.